The van der Waals surface area contributed by atoms with Crippen molar-refractivity contribution in [2.75, 3.05) is 52.5 Å². The second-order valence-electron chi connectivity index (χ2n) is 8.53. The van der Waals surface area contributed by atoms with Gasteiger partial charge in [-0.2, -0.15) is 0 Å². The van der Waals surface area contributed by atoms with Gasteiger partial charge in [-0.3, -0.25) is 14.6 Å². The Morgan fingerprint density at radius 3 is 2.57 bits per heavy atom. The number of ether oxygens (including phenoxy) is 1. The summed E-state index contributed by atoms with van der Waals surface area (Å²) in [5, 5.41) is 10.8. The van der Waals surface area contributed by atoms with E-state index in [4.69, 9.17) is 16.3 Å². The molecule has 3 aliphatic rings. The number of halogens is 1. The van der Waals surface area contributed by atoms with Crippen molar-refractivity contribution in [1.29, 1.82) is 0 Å². The molecule has 3 aliphatic heterocycles. The summed E-state index contributed by atoms with van der Waals surface area (Å²) in [6.45, 7) is 7.91. The van der Waals surface area contributed by atoms with Crippen LogP contribution in [0, 0.1) is 0 Å². The molecule has 1 amide bonds. The highest BCUT2D eigenvalue weighted by atomic mass is 35.5. The second-order valence-corrected chi connectivity index (χ2v) is 8.97. The van der Waals surface area contributed by atoms with Gasteiger partial charge >= 0.3 is 0 Å². The first kappa shape index (κ1) is 20.1. The number of hydrogen-bond donors (Lipinski definition) is 1. The monoisotopic (exact) mass is 407 g/mol. The lowest BCUT2D eigenvalue weighted by Gasteiger charge is -2.57. The quantitative estimate of drug-likeness (QED) is 0.826. The van der Waals surface area contributed by atoms with E-state index in [1.165, 1.54) is 0 Å². The normalized spacial score (nSPS) is 30.2. The number of fused-ring (bicyclic) bond motifs is 1. The standard InChI is InChI=1S/C21H30ClN3O3/c1-21(15-26)14-24(20(27)16-2-4-17(22)5-3-16)13-19-12-23(8-9-25(19)21)18-6-10-28-11-7-18/h2-5,18-19,26H,6-15H2,1H3. The van der Waals surface area contributed by atoms with E-state index in [2.05, 4.69) is 16.7 Å². The summed E-state index contributed by atoms with van der Waals surface area (Å²) in [5.74, 6) is 0.0131. The molecule has 154 valence electrons. The molecule has 1 N–H and O–H groups in total. The van der Waals surface area contributed by atoms with Gasteiger partial charge in [0.15, 0.2) is 0 Å². The Morgan fingerprint density at radius 1 is 1.18 bits per heavy atom. The Bertz CT molecular complexity index is 695. The van der Waals surface area contributed by atoms with Crippen molar-refractivity contribution in [3.8, 4) is 0 Å². The molecular weight excluding hydrogens is 378 g/mol. The van der Waals surface area contributed by atoms with Gasteiger partial charge in [-0.1, -0.05) is 11.6 Å². The van der Waals surface area contributed by atoms with E-state index in [1.807, 2.05) is 4.90 Å². The summed E-state index contributed by atoms with van der Waals surface area (Å²) in [4.78, 5) is 20.0. The number of carbonyl (C=O) groups excluding carboxylic acids is 1. The minimum Gasteiger partial charge on any atom is -0.394 e. The van der Waals surface area contributed by atoms with Crippen LogP contribution in [0.3, 0.4) is 0 Å². The van der Waals surface area contributed by atoms with Crippen molar-refractivity contribution in [2.45, 2.75) is 37.4 Å². The van der Waals surface area contributed by atoms with Crippen molar-refractivity contribution in [3.05, 3.63) is 34.9 Å². The maximum atomic E-state index is 13.1. The molecule has 6 nitrogen and oxygen atoms in total. The summed E-state index contributed by atoms with van der Waals surface area (Å²) in [6.07, 6.45) is 2.16. The third-order valence-corrected chi connectivity index (χ3v) is 6.85. The van der Waals surface area contributed by atoms with Crippen molar-refractivity contribution in [3.63, 3.8) is 0 Å². The van der Waals surface area contributed by atoms with Crippen LogP contribution in [-0.4, -0.2) is 95.9 Å². The van der Waals surface area contributed by atoms with Crippen molar-refractivity contribution in [2.24, 2.45) is 0 Å². The van der Waals surface area contributed by atoms with E-state index in [9.17, 15) is 9.90 Å². The van der Waals surface area contributed by atoms with Crippen LogP contribution in [-0.2, 0) is 4.74 Å². The van der Waals surface area contributed by atoms with Crippen LogP contribution < -0.4 is 0 Å². The van der Waals surface area contributed by atoms with Crippen molar-refractivity contribution < 1.29 is 14.6 Å². The molecule has 3 heterocycles. The second kappa shape index (κ2) is 8.28. The average molecular weight is 408 g/mol. The minimum atomic E-state index is -0.410. The highest BCUT2D eigenvalue weighted by Crippen LogP contribution is 2.31. The van der Waals surface area contributed by atoms with Gasteiger partial charge in [-0.15, -0.1) is 0 Å². The van der Waals surface area contributed by atoms with Crippen LogP contribution in [0.15, 0.2) is 24.3 Å². The number of hydrogen-bond acceptors (Lipinski definition) is 5. The smallest absolute Gasteiger partial charge is 0.253 e. The SMILES string of the molecule is CC1(CO)CN(C(=O)c2ccc(Cl)cc2)CC2CN(C3CCOCC3)CCN21. The first-order chi connectivity index (χ1) is 13.5. The Hall–Kier alpha value is -1.18. The fraction of sp³-hybridized carbons (Fsp3) is 0.667. The zero-order chi connectivity index (χ0) is 19.7. The molecular formula is C21H30ClN3O3. The molecule has 28 heavy (non-hydrogen) atoms. The predicted octanol–water partition coefficient (Wildman–Crippen LogP) is 1.71. The molecule has 1 aromatic carbocycles. The van der Waals surface area contributed by atoms with Crippen LogP contribution in [0.1, 0.15) is 30.1 Å². The summed E-state index contributed by atoms with van der Waals surface area (Å²) in [6, 6.07) is 7.87. The van der Waals surface area contributed by atoms with Crippen molar-refractivity contribution in [1.82, 2.24) is 14.7 Å². The molecule has 7 heteroatoms. The molecule has 4 rings (SSSR count). The van der Waals surface area contributed by atoms with Gasteiger partial charge in [0.1, 0.15) is 0 Å². The van der Waals surface area contributed by atoms with Gasteiger partial charge in [0.05, 0.1) is 12.1 Å². The van der Waals surface area contributed by atoms with Gasteiger partial charge in [-0.05, 0) is 44.0 Å². The first-order valence-electron chi connectivity index (χ1n) is 10.2. The summed E-state index contributed by atoms with van der Waals surface area (Å²) in [5.41, 5.74) is 0.238. The lowest BCUT2D eigenvalue weighted by atomic mass is 9.90. The Labute approximate surface area is 172 Å². The molecule has 3 fully saturated rings. The highest BCUT2D eigenvalue weighted by Gasteiger charge is 2.47. The van der Waals surface area contributed by atoms with Crippen molar-refractivity contribution >= 4 is 17.5 Å². The fourth-order valence-corrected chi connectivity index (χ4v) is 5.15. The van der Waals surface area contributed by atoms with Crippen LogP contribution in [0.5, 0.6) is 0 Å². The van der Waals surface area contributed by atoms with E-state index in [-0.39, 0.29) is 18.6 Å². The number of carbonyl (C=O) groups is 1. The van der Waals surface area contributed by atoms with Crippen LogP contribution in [0.25, 0.3) is 0 Å². The van der Waals surface area contributed by atoms with Gasteiger partial charge in [-0.25, -0.2) is 0 Å². The largest absolute Gasteiger partial charge is 0.394 e. The van der Waals surface area contributed by atoms with E-state index < -0.39 is 5.54 Å². The zero-order valence-corrected chi connectivity index (χ0v) is 17.3. The number of benzene rings is 1. The fourth-order valence-electron chi connectivity index (χ4n) is 5.02. The molecule has 0 bridgehead atoms. The molecule has 2 atom stereocenters. The maximum Gasteiger partial charge on any atom is 0.253 e. The van der Waals surface area contributed by atoms with E-state index >= 15 is 0 Å². The van der Waals surface area contributed by atoms with Gasteiger partial charge in [0.2, 0.25) is 0 Å². The number of amides is 1. The Kier molecular flexibility index (Phi) is 5.95. The molecule has 0 aliphatic carbocycles. The molecule has 1 aromatic rings. The average Bonchev–Trinajstić information content (AvgIpc) is 2.74. The third-order valence-electron chi connectivity index (χ3n) is 6.60. The predicted molar refractivity (Wildman–Crippen MR) is 109 cm³/mol. The molecule has 0 aromatic heterocycles. The van der Waals surface area contributed by atoms with Gasteiger partial charge in [0, 0.05) is 68.6 Å². The Balaban J connectivity index is 1.51. The van der Waals surface area contributed by atoms with Crippen LogP contribution in [0.4, 0.5) is 0 Å². The molecule has 0 spiro atoms. The van der Waals surface area contributed by atoms with Gasteiger partial charge < -0.3 is 14.7 Å². The molecule has 2 unspecified atom stereocenters. The maximum absolute atomic E-state index is 13.1. The summed E-state index contributed by atoms with van der Waals surface area (Å²) in [7, 11) is 0. The lowest BCUT2D eigenvalue weighted by Crippen LogP contribution is -2.73. The molecule has 3 saturated heterocycles. The molecule has 0 radical (unpaired) electrons. The van der Waals surface area contributed by atoms with E-state index in [1.54, 1.807) is 24.3 Å². The zero-order valence-electron chi connectivity index (χ0n) is 16.5. The van der Waals surface area contributed by atoms with Gasteiger partial charge in [0.25, 0.3) is 5.91 Å². The first-order valence-corrected chi connectivity index (χ1v) is 10.6. The number of aliphatic hydroxyl groups is 1. The number of nitrogens with zero attached hydrogens (tertiary/aromatic N) is 3. The number of piperazine rings is 2. The van der Waals surface area contributed by atoms with Crippen LogP contribution >= 0.6 is 11.6 Å². The topological polar surface area (TPSA) is 56.3 Å². The number of rotatable bonds is 3. The summed E-state index contributed by atoms with van der Waals surface area (Å²) >= 11 is 5.97. The third kappa shape index (κ3) is 3.94. The van der Waals surface area contributed by atoms with E-state index in [0.29, 0.717) is 29.7 Å². The number of aliphatic hydroxyl groups excluding tert-OH is 1. The minimum absolute atomic E-state index is 0.0131. The van der Waals surface area contributed by atoms with E-state index in [0.717, 1.165) is 45.7 Å². The van der Waals surface area contributed by atoms with Crippen LogP contribution in [0.2, 0.25) is 5.02 Å². The molecule has 0 saturated carbocycles. The summed E-state index contributed by atoms with van der Waals surface area (Å²) < 4.78 is 5.52. The Morgan fingerprint density at radius 2 is 1.89 bits per heavy atom. The highest BCUT2D eigenvalue weighted by molar-refractivity contribution is 6.30. The lowest BCUT2D eigenvalue weighted by molar-refractivity contribution is -0.0959.